The molecule has 144 valence electrons. The third-order valence-electron chi connectivity index (χ3n) is 5.01. The van der Waals surface area contributed by atoms with Gasteiger partial charge in [-0.1, -0.05) is 12.1 Å². The van der Waals surface area contributed by atoms with E-state index >= 15 is 0 Å². The molecule has 6 heteroatoms. The van der Waals surface area contributed by atoms with Gasteiger partial charge in [-0.15, -0.1) is 0 Å². The minimum Gasteiger partial charge on any atom is -0.493 e. The van der Waals surface area contributed by atoms with Gasteiger partial charge in [0.1, 0.15) is 5.82 Å². The quantitative estimate of drug-likeness (QED) is 0.817. The van der Waals surface area contributed by atoms with Gasteiger partial charge in [0.25, 0.3) is 0 Å². The average Bonchev–Trinajstić information content (AvgIpc) is 2.67. The lowest BCUT2D eigenvalue weighted by Gasteiger charge is -2.33. The molecule has 1 heterocycles. The van der Waals surface area contributed by atoms with E-state index in [0.29, 0.717) is 30.9 Å². The summed E-state index contributed by atoms with van der Waals surface area (Å²) < 4.78 is 24.4. The molecule has 0 saturated carbocycles. The summed E-state index contributed by atoms with van der Waals surface area (Å²) in [6.45, 7) is 2.63. The molecule has 2 aromatic carbocycles. The summed E-state index contributed by atoms with van der Waals surface area (Å²) in [6, 6.07) is 10.1. The summed E-state index contributed by atoms with van der Waals surface area (Å²) in [4.78, 5) is 11.9. The van der Waals surface area contributed by atoms with Crippen molar-refractivity contribution in [2.75, 3.05) is 14.2 Å². The van der Waals surface area contributed by atoms with Gasteiger partial charge in [-0.05, 0) is 54.3 Å². The van der Waals surface area contributed by atoms with Gasteiger partial charge in [0.15, 0.2) is 11.5 Å². The van der Waals surface area contributed by atoms with E-state index in [1.807, 2.05) is 25.1 Å². The van der Waals surface area contributed by atoms with Gasteiger partial charge in [0, 0.05) is 19.0 Å². The van der Waals surface area contributed by atoms with E-state index in [1.54, 1.807) is 20.3 Å². The van der Waals surface area contributed by atoms with Crippen LogP contribution in [0.2, 0.25) is 0 Å². The van der Waals surface area contributed by atoms with Crippen LogP contribution in [-0.4, -0.2) is 26.2 Å². The molecule has 1 aliphatic rings. The van der Waals surface area contributed by atoms with E-state index in [-0.39, 0.29) is 23.8 Å². The molecule has 0 aliphatic carbocycles. The van der Waals surface area contributed by atoms with E-state index in [0.717, 1.165) is 16.7 Å². The molecule has 0 bridgehead atoms. The maximum absolute atomic E-state index is 13.6. The number of aryl methyl sites for hydroxylation is 1. The summed E-state index contributed by atoms with van der Waals surface area (Å²) >= 11 is 0. The second-order valence-corrected chi connectivity index (χ2v) is 6.76. The van der Waals surface area contributed by atoms with E-state index in [2.05, 4.69) is 10.6 Å². The Morgan fingerprint density at radius 1 is 1.19 bits per heavy atom. The standard InChI is InChI=1S/C21H25FN2O3/c1-13-9-18(26-2)19(27-3)11-15(13)12-23-17-7-8-20(25)24-21(17)14-5-4-6-16(22)10-14/h4-6,9-11,17,21,23H,7-8,12H2,1-3H3,(H,24,25)/t17-,21+/m1/s1. The number of nitrogens with one attached hydrogen (secondary N) is 2. The van der Waals surface area contributed by atoms with Crippen molar-refractivity contribution in [3.05, 3.63) is 58.9 Å². The largest absolute Gasteiger partial charge is 0.493 e. The first-order valence-corrected chi connectivity index (χ1v) is 9.01. The lowest BCUT2D eigenvalue weighted by atomic mass is 9.91. The van der Waals surface area contributed by atoms with Crippen LogP contribution >= 0.6 is 0 Å². The first-order chi connectivity index (χ1) is 13.0. The first kappa shape index (κ1) is 19.2. The molecule has 2 N–H and O–H groups in total. The molecule has 0 radical (unpaired) electrons. The van der Waals surface area contributed by atoms with Crippen LogP contribution < -0.4 is 20.1 Å². The minimum absolute atomic E-state index is 0.00962. The topological polar surface area (TPSA) is 59.6 Å². The molecule has 2 aromatic rings. The Morgan fingerprint density at radius 3 is 2.63 bits per heavy atom. The highest BCUT2D eigenvalue weighted by Gasteiger charge is 2.29. The lowest BCUT2D eigenvalue weighted by Crippen LogP contribution is -2.48. The summed E-state index contributed by atoms with van der Waals surface area (Å²) in [5.74, 6) is 1.06. The van der Waals surface area contributed by atoms with E-state index in [9.17, 15) is 9.18 Å². The smallest absolute Gasteiger partial charge is 0.220 e. The van der Waals surface area contributed by atoms with Crippen molar-refractivity contribution in [2.24, 2.45) is 0 Å². The van der Waals surface area contributed by atoms with Crippen molar-refractivity contribution in [2.45, 2.75) is 38.4 Å². The molecule has 3 rings (SSSR count). The second-order valence-electron chi connectivity index (χ2n) is 6.76. The van der Waals surface area contributed by atoms with Crippen molar-refractivity contribution in [1.29, 1.82) is 0 Å². The fraction of sp³-hybridized carbons (Fsp3) is 0.381. The number of carbonyl (C=O) groups excluding carboxylic acids is 1. The number of halogens is 1. The number of carbonyl (C=O) groups is 1. The monoisotopic (exact) mass is 372 g/mol. The van der Waals surface area contributed by atoms with Crippen LogP contribution in [0.5, 0.6) is 11.5 Å². The number of amides is 1. The van der Waals surface area contributed by atoms with Gasteiger partial charge in [0.05, 0.1) is 20.3 Å². The van der Waals surface area contributed by atoms with Crippen LogP contribution in [0.4, 0.5) is 4.39 Å². The van der Waals surface area contributed by atoms with Crippen LogP contribution in [0.25, 0.3) is 0 Å². The van der Waals surface area contributed by atoms with Crippen LogP contribution in [0, 0.1) is 12.7 Å². The molecule has 0 aromatic heterocycles. The Kier molecular flexibility index (Phi) is 5.96. The molecule has 2 atom stereocenters. The number of rotatable bonds is 6. The zero-order valence-corrected chi connectivity index (χ0v) is 15.8. The molecule has 27 heavy (non-hydrogen) atoms. The Hall–Kier alpha value is -2.60. The predicted molar refractivity (Wildman–Crippen MR) is 101 cm³/mol. The summed E-state index contributed by atoms with van der Waals surface area (Å²) in [5.41, 5.74) is 2.94. The zero-order valence-electron chi connectivity index (χ0n) is 15.8. The fourth-order valence-electron chi connectivity index (χ4n) is 3.49. The normalized spacial score (nSPS) is 19.5. The number of hydrogen-bond acceptors (Lipinski definition) is 4. The first-order valence-electron chi connectivity index (χ1n) is 9.01. The minimum atomic E-state index is -0.304. The Labute approximate surface area is 158 Å². The predicted octanol–water partition coefficient (Wildman–Crippen LogP) is 3.26. The highest BCUT2D eigenvalue weighted by molar-refractivity contribution is 5.77. The summed E-state index contributed by atoms with van der Waals surface area (Å²) in [6.07, 6.45) is 1.15. The number of hydrogen-bond donors (Lipinski definition) is 2. The maximum Gasteiger partial charge on any atom is 0.220 e. The van der Waals surface area contributed by atoms with Gasteiger partial charge >= 0.3 is 0 Å². The third kappa shape index (κ3) is 4.39. The molecule has 0 unspecified atom stereocenters. The number of piperidine rings is 1. The van der Waals surface area contributed by atoms with Crippen LogP contribution in [0.3, 0.4) is 0 Å². The summed E-state index contributed by atoms with van der Waals surface area (Å²) in [5, 5.41) is 6.51. The van der Waals surface area contributed by atoms with Gasteiger partial charge in [-0.25, -0.2) is 4.39 Å². The van der Waals surface area contributed by atoms with Crippen molar-refractivity contribution in [1.82, 2.24) is 10.6 Å². The van der Waals surface area contributed by atoms with Crippen molar-refractivity contribution in [3.63, 3.8) is 0 Å². The van der Waals surface area contributed by atoms with Crippen molar-refractivity contribution < 1.29 is 18.7 Å². The van der Waals surface area contributed by atoms with E-state index in [1.165, 1.54) is 12.1 Å². The molecule has 1 amide bonds. The molecule has 0 spiro atoms. The Bertz CT molecular complexity index is 825. The van der Waals surface area contributed by atoms with Gasteiger partial charge in [-0.3, -0.25) is 4.79 Å². The average molecular weight is 372 g/mol. The highest BCUT2D eigenvalue weighted by atomic mass is 19.1. The van der Waals surface area contributed by atoms with Gasteiger partial charge < -0.3 is 20.1 Å². The molecular weight excluding hydrogens is 347 g/mol. The van der Waals surface area contributed by atoms with Gasteiger partial charge in [-0.2, -0.15) is 0 Å². The Balaban J connectivity index is 1.78. The van der Waals surface area contributed by atoms with Crippen LogP contribution in [0.15, 0.2) is 36.4 Å². The molecule has 1 saturated heterocycles. The molecule has 1 fully saturated rings. The molecule has 1 aliphatic heterocycles. The van der Waals surface area contributed by atoms with Crippen LogP contribution in [-0.2, 0) is 11.3 Å². The SMILES string of the molecule is COc1cc(C)c(CN[C@@H]2CCC(=O)N[C@H]2c2cccc(F)c2)cc1OC. The second kappa shape index (κ2) is 8.39. The Morgan fingerprint density at radius 2 is 1.93 bits per heavy atom. The van der Waals surface area contributed by atoms with Crippen molar-refractivity contribution >= 4 is 5.91 Å². The molecular formula is C21H25FN2O3. The van der Waals surface area contributed by atoms with Crippen molar-refractivity contribution in [3.8, 4) is 11.5 Å². The maximum atomic E-state index is 13.6. The highest BCUT2D eigenvalue weighted by Crippen LogP contribution is 2.31. The number of ether oxygens (including phenoxy) is 2. The number of benzene rings is 2. The van der Waals surface area contributed by atoms with E-state index < -0.39 is 0 Å². The van der Waals surface area contributed by atoms with Gasteiger partial charge in [0.2, 0.25) is 5.91 Å². The van der Waals surface area contributed by atoms with E-state index in [4.69, 9.17) is 9.47 Å². The number of methoxy groups -OCH3 is 2. The fourth-order valence-corrected chi connectivity index (χ4v) is 3.49. The molecule has 5 nitrogen and oxygen atoms in total. The zero-order chi connectivity index (χ0) is 19.4. The summed E-state index contributed by atoms with van der Waals surface area (Å²) in [7, 11) is 3.23. The third-order valence-corrected chi connectivity index (χ3v) is 5.01. The lowest BCUT2D eigenvalue weighted by molar-refractivity contribution is -0.123. The van der Waals surface area contributed by atoms with Crippen LogP contribution in [0.1, 0.15) is 35.6 Å².